The van der Waals surface area contributed by atoms with Gasteiger partial charge in [-0.05, 0) is 43.5 Å². The maximum atomic E-state index is 5.95. The second kappa shape index (κ2) is 6.24. The molecule has 0 bridgehead atoms. The van der Waals surface area contributed by atoms with Crippen LogP contribution in [0.1, 0.15) is 37.4 Å². The highest BCUT2D eigenvalue weighted by Crippen LogP contribution is 2.21. The van der Waals surface area contributed by atoms with Gasteiger partial charge in [-0.25, -0.2) is 0 Å². The third-order valence-electron chi connectivity index (χ3n) is 2.94. The highest BCUT2D eigenvalue weighted by Gasteiger charge is 2.13. The van der Waals surface area contributed by atoms with Gasteiger partial charge in [-0.3, -0.25) is 0 Å². The van der Waals surface area contributed by atoms with E-state index in [4.69, 9.17) is 17.3 Å². The molecule has 2 nitrogen and oxygen atoms in total. The molecular formula is C13H21ClN2. The molecule has 0 aliphatic rings. The molecule has 0 spiro atoms. The van der Waals surface area contributed by atoms with Crippen LogP contribution in [0, 0.1) is 6.92 Å². The lowest BCUT2D eigenvalue weighted by atomic mass is 10.0. The van der Waals surface area contributed by atoms with Gasteiger partial charge in [0, 0.05) is 23.7 Å². The average molecular weight is 241 g/mol. The highest BCUT2D eigenvalue weighted by atomic mass is 35.5. The van der Waals surface area contributed by atoms with E-state index in [1.807, 2.05) is 12.1 Å². The van der Waals surface area contributed by atoms with Crippen LogP contribution in [0.5, 0.6) is 0 Å². The van der Waals surface area contributed by atoms with Crippen LogP contribution in [0.2, 0.25) is 5.02 Å². The summed E-state index contributed by atoms with van der Waals surface area (Å²) < 4.78 is 0. The highest BCUT2D eigenvalue weighted by molar-refractivity contribution is 6.30. The van der Waals surface area contributed by atoms with Gasteiger partial charge in [0.1, 0.15) is 0 Å². The van der Waals surface area contributed by atoms with Crippen molar-refractivity contribution in [1.29, 1.82) is 0 Å². The quantitative estimate of drug-likeness (QED) is 0.830. The molecule has 1 rings (SSSR count). The van der Waals surface area contributed by atoms with Gasteiger partial charge in [0.2, 0.25) is 0 Å². The molecule has 1 aromatic carbocycles. The third kappa shape index (κ3) is 3.48. The molecule has 0 amide bonds. The Bertz CT molecular complexity index is 339. The standard InChI is InChI=1S/C13H21ClN2/c1-4-10(3)16-13(8-15)12-6-5-11(14)7-9(12)2/h5-7,10,13,16H,4,8,15H2,1-3H3. The fraction of sp³-hybridized carbons (Fsp3) is 0.538. The predicted octanol–water partition coefficient (Wildman–Crippen LogP) is 3.04. The zero-order chi connectivity index (χ0) is 12.1. The van der Waals surface area contributed by atoms with Crippen LogP contribution >= 0.6 is 11.6 Å². The first kappa shape index (κ1) is 13.5. The number of hydrogen-bond donors (Lipinski definition) is 2. The van der Waals surface area contributed by atoms with E-state index in [2.05, 4.69) is 32.2 Å². The Balaban J connectivity index is 2.86. The normalized spacial score (nSPS) is 14.8. The number of nitrogens with one attached hydrogen (secondary N) is 1. The van der Waals surface area contributed by atoms with Gasteiger partial charge in [0.15, 0.2) is 0 Å². The Morgan fingerprint density at radius 2 is 2.12 bits per heavy atom. The number of halogens is 1. The Morgan fingerprint density at radius 3 is 2.62 bits per heavy atom. The molecule has 3 N–H and O–H groups in total. The lowest BCUT2D eigenvalue weighted by molar-refractivity contribution is 0.450. The summed E-state index contributed by atoms with van der Waals surface area (Å²) in [5.74, 6) is 0. The van der Waals surface area contributed by atoms with Crippen LogP contribution in [0.3, 0.4) is 0 Å². The smallest absolute Gasteiger partial charge is 0.0449 e. The van der Waals surface area contributed by atoms with Gasteiger partial charge in [0.25, 0.3) is 0 Å². The summed E-state index contributed by atoms with van der Waals surface area (Å²) in [6.45, 7) is 7.02. The molecule has 1 aromatic rings. The maximum Gasteiger partial charge on any atom is 0.0449 e. The van der Waals surface area contributed by atoms with Crippen LogP contribution in [0.25, 0.3) is 0 Å². The van der Waals surface area contributed by atoms with E-state index in [9.17, 15) is 0 Å². The second-order valence-electron chi connectivity index (χ2n) is 4.27. The number of nitrogens with two attached hydrogens (primary N) is 1. The molecular weight excluding hydrogens is 220 g/mol. The summed E-state index contributed by atoms with van der Waals surface area (Å²) in [6.07, 6.45) is 1.10. The van der Waals surface area contributed by atoms with E-state index in [0.717, 1.165) is 11.4 Å². The van der Waals surface area contributed by atoms with Crippen LogP contribution in [0.15, 0.2) is 18.2 Å². The summed E-state index contributed by atoms with van der Waals surface area (Å²) >= 11 is 5.95. The van der Waals surface area contributed by atoms with Crippen LogP contribution in [-0.4, -0.2) is 12.6 Å². The first-order chi connectivity index (χ1) is 7.58. The zero-order valence-electron chi connectivity index (χ0n) is 10.3. The van der Waals surface area contributed by atoms with Gasteiger partial charge in [0.05, 0.1) is 0 Å². The van der Waals surface area contributed by atoms with Crippen molar-refractivity contribution in [2.45, 2.75) is 39.3 Å². The van der Waals surface area contributed by atoms with Crippen molar-refractivity contribution in [1.82, 2.24) is 5.32 Å². The number of rotatable bonds is 5. The van der Waals surface area contributed by atoms with Gasteiger partial charge in [-0.1, -0.05) is 24.6 Å². The molecule has 0 saturated heterocycles. The van der Waals surface area contributed by atoms with Crippen molar-refractivity contribution in [3.8, 4) is 0 Å². The van der Waals surface area contributed by atoms with Crippen molar-refractivity contribution in [3.63, 3.8) is 0 Å². The largest absolute Gasteiger partial charge is 0.329 e. The van der Waals surface area contributed by atoms with Crippen molar-refractivity contribution >= 4 is 11.6 Å². The van der Waals surface area contributed by atoms with Crippen molar-refractivity contribution < 1.29 is 0 Å². The number of hydrogen-bond acceptors (Lipinski definition) is 2. The van der Waals surface area contributed by atoms with E-state index in [1.54, 1.807) is 0 Å². The van der Waals surface area contributed by atoms with Crippen molar-refractivity contribution in [2.24, 2.45) is 5.73 Å². The monoisotopic (exact) mass is 240 g/mol. The molecule has 2 atom stereocenters. The van der Waals surface area contributed by atoms with Gasteiger partial charge in [-0.2, -0.15) is 0 Å². The molecule has 0 heterocycles. The van der Waals surface area contributed by atoms with Gasteiger partial charge in [-0.15, -0.1) is 0 Å². The zero-order valence-corrected chi connectivity index (χ0v) is 11.0. The van der Waals surface area contributed by atoms with Gasteiger partial charge < -0.3 is 11.1 Å². The molecule has 0 aromatic heterocycles. The Hall–Kier alpha value is -0.570. The Kier molecular flexibility index (Phi) is 5.26. The summed E-state index contributed by atoms with van der Waals surface area (Å²) in [6, 6.07) is 6.66. The molecule has 0 saturated carbocycles. The minimum Gasteiger partial charge on any atom is -0.329 e. The minimum atomic E-state index is 0.215. The SMILES string of the molecule is CCC(C)NC(CN)c1ccc(Cl)cc1C. The Labute approximate surface area is 103 Å². The summed E-state index contributed by atoms with van der Waals surface area (Å²) in [5, 5.41) is 4.30. The summed E-state index contributed by atoms with van der Waals surface area (Å²) in [5.41, 5.74) is 8.26. The van der Waals surface area contributed by atoms with Crippen molar-refractivity contribution in [3.05, 3.63) is 34.3 Å². The first-order valence-corrected chi connectivity index (χ1v) is 6.18. The Morgan fingerprint density at radius 1 is 1.44 bits per heavy atom. The molecule has 16 heavy (non-hydrogen) atoms. The summed E-state index contributed by atoms with van der Waals surface area (Å²) in [7, 11) is 0. The van der Waals surface area contributed by atoms with E-state index < -0.39 is 0 Å². The van der Waals surface area contributed by atoms with Crippen LogP contribution in [-0.2, 0) is 0 Å². The maximum absolute atomic E-state index is 5.95. The van der Waals surface area contributed by atoms with Crippen LogP contribution in [0.4, 0.5) is 0 Å². The molecule has 2 unspecified atom stereocenters. The number of aryl methyl sites for hydroxylation is 1. The molecule has 3 heteroatoms. The summed E-state index contributed by atoms with van der Waals surface area (Å²) in [4.78, 5) is 0. The molecule has 0 aliphatic carbocycles. The minimum absolute atomic E-state index is 0.215. The van der Waals surface area contributed by atoms with Crippen molar-refractivity contribution in [2.75, 3.05) is 6.54 Å². The fourth-order valence-electron chi connectivity index (χ4n) is 1.78. The first-order valence-electron chi connectivity index (χ1n) is 5.80. The second-order valence-corrected chi connectivity index (χ2v) is 4.70. The predicted molar refractivity (Wildman–Crippen MR) is 70.9 cm³/mol. The van der Waals surface area contributed by atoms with E-state index in [-0.39, 0.29) is 6.04 Å². The lowest BCUT2D eigenvalue weighted by Crippen LogP contribution is -2.35. The topological polar surface area (TPSA) is 38.0 Å². The molecule has 0 fully saturated rings. The van der Waals surface area contributed by atoms with E-state index in [0.29, 0.717) is 12.6 Å². The van der Waals surface area contributed by atoms with E-state index in [1.165, 1.54) is 11.1 Å². The fourth-order valence-corrected chi connectivity index (χ4v) is 2.00. The van der Waals surface area contributed by atoms with Crippen LogP contribution < -0.4 is 11.1 Å². The number of benzene rings is 1. The van der Waals surface area contributed by atoms with E-state index >= 15 is 0 Å². The molecule has 90 valence electrons. The molecule has 0 aliphatic heterocycles. The lowest BCUT2D eigenvalue weighted by Gasteiger charge is -2.23. The molecule has 0 radical (unpaired) electrons. The third-order valence-corrected chi connectivity index (χ3v) is 3.18. The van der Waals surface area contributed by atoms with Gasteiger partial charge >= 0.3 is 0 Å². The average Bonchev–Trinajstić information content (AvgIpc) is 2.26.